The van der Waals surface area contributed by atoms with E-state index < -0.39 is 0 Å². The van der Waals surface area contributed by atoms with E-state index in [1.165, 1.54) is 10.9 Å². The Kier molecular flexibility index (Phi) is 7.01. The van der Waals surface area contributed by atoms with Crippen LogP contribution in [0.5, 0.6) is 5.75 Å². The van der Waals surface area contributed by atoms with E-state index in [1.807, 2.05) is 47.9 Å². The Labute approximate surface area is 192 Å². The van der Waals surface area contributed by atoms with Crippen molar-refractivity contribution in [2.45, 2.75) is 32.9 Å². The second kappa shape index (κ2) is 10.3. The molecule has 4 aromatic rings. The second-order valence-corrected chi connectivity index (χ2v) is 7.87. The lowest BCUT2D eigenvalue weighted by atomic mass is 10.2. The van der Waals surface area contributed by atoms with Gasteiger partial charge in [0.05, 0.1) is 6.61 Å². The molecule has 2 aromatic carbocycles. The quantitative estimate of drug-likeness (QED) is 0.275. The molecule has 0 aliphatic heterocycles. The molecule has 0 bridgehead atoms. The Morgan fingerprint density at radius 3 is 2.75 bits per heavy atom. The number of carbonyl (C=O) groups excluding carboxylic acids is 1. The molecule has 0 saturated carbocycles. The highest BCUT2D eigenvalue weighted by molar-refractivity contribution is 7.71. The summed E-state index contributed by atoms with van der Waals surface area (Å²) in [6.07, 6.45) is 3.30. The zero-order valence-corrected chi connectivity index (χ0v) is 18.9. The summed E-state index contributed by atoms with van der Waals surface area (Å²) in [5, 5.41) is 11.4. The minimum Gasteiger partial charge on any atom is -0.494 e. The SMILES string of the molecule is CCOc1ccc(-c2n[nH]c(=S)n2CCC(=O)NCCCn2ccc3ccccc32)cc1. The standard InChI is InChI=1S/C24H27N5O2S/c1-2-31-20-10-8-19(9-11-20)23-26-27-24(32)29(23)17-13-22(30)25-14-5-15-28-16-12-18-6-3-4-7-21(18)28/h3-4,6-12,16H,2,5,13-15,17H2,1H3,(H,25,30)(H,27,32). The minimum atomic E-state index is 0.00288. The molecule has 2 N–H and O–H groups in total. The molecule has 166 valence electrons. The number of aromatic amines is 1. The number of amides is 1. The molecule has 0 aliphatic carbocycles. The summed E-state index contributed by atoms with van der Waals surface area (Å²) in [7, 11) is 0. The molecule has 7 nitrogen and oxygen atoms in total. The highest BCUT2D eigenvalue weighted by atomic mass is 32.1. The smallest absolute Gasteiger partial charge is 0.221 e. The van der Waals surface area contributed by atoms with Crippen molar-refractivity contribution in [3.63, 3.8) is 0 Å². The molecule has 8 heteroatoms. The van der Waals surface area contributed by atoms with Gasteiger partial charge in [0.25, 0.3) is 0 Å². The fourth-order valence-corrected chi connectivity index (χ4v) is 3.95. The topological polar surface area (TPSA) is 76.9 Å². The minimum absolute atomic E-state index is 0.00288. The highest BCUT2D eigenvalue weighted by Gasteiger charge is 2.11. The third-order valence-electron chi connectivity index (χ3n) is 5.32. The Morgan fingerprint density at radius 1 is 1.12 bits per heavy atom. The molecule has 4 rings (SSSR count). The average Bonchev–Trinajstić information content (AvgIpc) is 3.39. The fraction of sp³-hybridized carbons (Fsp3) is 0.292. The van der Waals surface area contributed by atoms with Crippen LogP contribution in [-0.4, -0.2) is 38.4 Å². The van der Waals surface area contributed by atoms with Gasteiger partial charge < -0.3 is 14.6 Å². The number of H-pyrrole nitrogens is 1. The molecule has 2 heterocycles. The molecule has 0 radical (unpaired) electrons. The van der Waals surface area contributed by atoms with Gasteiger partial charge in [-0.1, -0.05) is 18.2 Å². The zero-order chi connectivity index (χ0) is 22.3. The van der Waals surface area contributed by atoms with E-state index in [2.05, 4.69) is 44.5 Å². The summed E-state index contributed by atoms with van der Waals surface area (Å²) in [4.78, 5) is 12.4. The number of carbonyl (C=O) groups is 1. The maximum Gasteiger partial charge on any atom is 0.221 e. The van der Waals surface area contributed by atoms with Gasteiger partial charge in [-0.3, -0.25) is 14.5 Å². The molecule has 1 amide bonds. The van der Waals surface area contributed by atoms with E-state index in [1.54, 1.807) is 0 Å². The number of hydrogen-bond donors (Lipinski definition) is 2. The first-order valence-electron chi connectivity index (χ1n) is 10.8. The lowest BCUT2D eigenvalue weighted by Crippen LogP contribution is -2.26. The molecule has 2 aromatic heterocycles. The van der Waals surface area contributed by atoms with Crippen molar-refractivity contribution < 1.29 is 9.53 Å². The van der Waals surface area contributed by atoms with Crippen LogP contribution in [0.3, 0.4) is 0 Å². The molecule has 0 aliphatic rings. The van der Waals surface area contributed by atoms with Crippen LogP contribution >= 0.6 is 12.2 Å². The number of benzene rings is 2. The first-order chi connectivity index (χ1) is 15.7. The number of nitrogens with one attached hydrogen (secondary N) is 2. The predicted octanol–water partition coefficient (Wildman–Crippen LogP) is 4.56. The van der Waals surface area contributed by atoms with Crippen LogP contribution in [0, 0.1) is 4.77 Å². The summed E-state index contributed by atoms with van der Waals surface area (Å²) in [6.45, 7) is 4.53. The first kappa shape index (κ1) is 21.8. The maximum absolute atomic E-state index is 12.4. The third-order valence-corrected chi connectivity index (χ3v) is 5.63. The van der Waals surface area contributed by atoms with Crippen LogP contribution in [0.15, 0.2) is 60.8 Å². The molecule has 0 saturated heterocycles. The number of aryl methyl sites for hydroxylation is 1. The number of hydrogen-bond acceptors (Lipinski definition) is 4. The number of fused-ring (bicyclic) bond motifs is 1. The molecule has 0 spiro atoms. The molecular weight excluding hydrogens is 422 g/mol. The number of ether oxygens (including phenoxy) is 1. The molecule has 0 unspecified atom stereocenters. The molecular formula is C24H27N5O2S. The zero-order valence-electron chi connectivity index (χ0n) is 18.1. The van der Waals surface area contributed by atoms with Gasteiger partial charge in [0, 0.05) is 43.3 Å². The van der Waals surface area contributed by atoms with E-state index in [0.717, 1.165) is 24.3 Å². The summed E-state index contributed by atoms with van der Waals surface area (Å²) >= 11 is 5.37. The highest BCUT2D eigenvalue weighted by Crippen LogP contribution is 2.21. The number of rotatable bonds is 10. The van der Waals surface area contributed by atoms with Gasteiger partial charge in [-0.05, 0) is 67.3 Å². The monoisotopic (exact) mass is 449 g/mol. The predicted molar refractivity (Wildman–Crippen MR) is 128 cm³/mol. The van der Waals surface area contributed by atoms with Gasteiger partial charge in [-0.15, -0.1) is 0 Å². The van der Waals surface area contributed by atoms with Gasteiger partial charge in [0.1, 0.15) is 5.75 Å². The van der Waals surface area contributed by atoms with Crippen LogP contribution < -0.4 is 10.1 Å². The number of para-hydroxylation sites is 1. The van der Waals surface area contributed by atoms with Crippen LogP contribution in [0.25, 0.3) is 22.3 Å². The normalized spacial score (nSPS) is 11.0. The summed E-state index contributed by atoms with van der Waals surface area (Å²) in [6, 6.07) is 18.1. The molecule has 0 atom stereocenters. The largest absolute Gasteiger partial charge is 0.494 e. The summed E-state index contributed by atoms with van der Waals surface area (Å²) < 4.78 is 10.1. The van der Waals surface area contributed by atoms with Gasteiger partial charge >= 0.3 is 0 Å². The Hall–Kier alpha value is -3.39. The third kappa shape index (κ3) is 5.08. The van der Waals surface area contributed by atoms with Crippen molar-refractivity contribution in [1.82, 2.24) is 24.6 Å². The maximum atomic E-state index is 12.4. The Balaban J connectivity index is 1.28. The Bertz CT molecular complexity index is 1240. The lowest BCUT2D eigenvalue weighted by molar-refractivity contribution is -0.121. The van der Waals surface area contributed by atoms with Crippen molar-refractivity contribution in [3.05, 3.63) is 65.6 Å². The molecule has 32 heavy (non-hydrogen) atoms. The van der Waals surface area contributed by atoms with Crippen LogP contribution in [0.1, 0.15) is 19.8 Å². The first-order valence-corrected chi connectivity index (χ1v) is 11.3. The van der Waals surface area contributed by atoms with Crippen molar-refractivity contribution in [3.8, 4) is 17.1 Å². The number of aromatic nitrogens is 4. The van der Waals surface area contributed by atoms with E-state index in [0.29, 0.717) is 36.7 Å². The van der Waals surface area contributed by atoms with E-state index >= 15 is 0 Å². The average molecular weight is 450 g/mol. The van der Waals surface area contributed by atoms with Crippen LogP contribution in [0.2, 0.25) is 0 Å². The lowest BCUT2D eigenvalue weighted by Gasteiger charge is -2.09. The summed E-state index contributed by atoms with van der Waals surface area (Å²) in [5.74, 6) is 1.53. The summed E-state index contributed by atoms with van der Waals surface area (Å²) in [5.41, 5.74) is 2.13. The van der Waals surface area contributed by atoms with Gasteiger partial charge in [-0.2, -0.15) is 5.10 Å². The van der Waals surface area contributed by atoms with Crippen molar-refractivity contribution >= 4 is 29.0 Å². The van der Waals surface area contributed by atoms with Crippen molar-refractivity contribution in [1.29, 1.82) is 0 Å². The van der Waals surface area contributed by atoms with Crippen LogP contribution in [0.4, 0.5) is 0 Å². The van der Waals surface area contributed by atoms with E-state index in [9.17, 15) is 4.79 Å². The number of nitrogens with zero attached hydrogens (tertiary/aromatic N) is 3. The van der Waals surface area contributed by atoms with Gasteiger partial charge in [0.15, 0.2) is 10.6 Å². The Morgan fingerprint density at radius 2 is 1.94 bits per heavy atom. The van der Waals surface area contributed by atoms with Gasteiger partial charge in [0.2, 0.25) is 5.91 Å². The van der Waals surface area contributed by atoms with Gasteiger partial charge in [-0.25, -0.2) is 0 Å². The van der Waals surface area contributed by atoms with Crippen molar-refractivity contribution in [2.75, 3.05) is 13.2 Å². The fourth-order valence-electron chi connectivity index (χ4n) is 3.73. The van der Waals surface area contributed by atoms with Crippen molar-refractivity contribution in [2.24, 2.45) is 0 Å². The second-order valence-electron chi connectivity index (χ2n) is 7.48. The van der Waals surface area contributed by atoms with E-state index in [-0.39, 0.29) is 5.91 Å². The molecule has 0 fully saturated rings. The van der Waals surface area contributed by atoms with Crippen LogP contribution in [-0.2, 0) is 17.9 Å². The van der Waals surface area contributed by atoms with E-state index in [4.69, 9.17) is 17.0 Å².